The van der Waals surface area contributed by atoms with E-state index >= 15 is 0 Å². The van der Waals surface area contributed by atoms with Gasteiger partial charge in [0.25, 0.3) is 0 Å². The van der Waals surface area contributed by atoms with Gasteiger partial charge in [-0.3, -0.25) is 0 Å². The van der Waals surface area contributed by atoms with Crippen LogP contribution >= 0.6 is 0 Å². The number of fused-ring (bicyclic) bond motifs is 6. The zero-order chi connectivity index (χ0) is 35.4. The lowest BCUT2D eigenvalue weighted by atomic mass is 9.43. The fourth-order valence-corrected chi connectivity index (χ4v) is 11.8. The van der Waals surface area contributed by atoms with E-state index in [4.69, 9.17) is 15.0 Å². The third kappa shape index (κ3) is 4.33. The van der Waals surface area contributed by atoms with Crippen LogP contribution in [0.4, 0.5) is 0 Å². The Balaban J connectivity index is 1.06. The molecular weight excluding hydrogens is 655 g/mol. The molecule has 13 rings (SSSR count). The Labute approximate surface area is 315 Å². The van der Waals surface area contributed by atoms with E-state index in [1.807, 2.05) is 6.07 Å². The van der Waals surface area contributed by atoms with Gasteiger partial charge in [0.2, 0.25) is 0 Å². The highest BCUT2D eigenvalue weighted by Gasteiger charge is 2.62. The molecule has 0 aliphatic heterocycles. The summed E-state index contributed by atoms with van der Waals surface area (Å²) in [5.41, 5.74) is 11.4. The Morgan fingerprint density at radius 1 is 0.389 bits per heavy atom. The molecule has 0 unspecified atom stereocenters. The van der Waals surface area contributed by atoms with Crippen molar-refractivity contribution in [3.8, 4) is 56.4 Å². The van der Waals surface area contributed by atoms with Gasteiger partial charge in [-0.05, 0) is 111 Å². The average Bonchev–Trinajstić information content (AvgIpc) is 3.54. The van der Waals surface area contributed by atoms with E-state index in [2.05, 4.69) is 146 Å². The molecule has 5 aliphatic rings. The van der Waals surface area contributed by atoms with Crippen LogP contribution < -0.4 is 0 Å². The van der Waals surface area contributed by atoms with Gasteiger partial charge in [0.05, 0.1) is 0 Å². The summed E-state index contributed by atoms with van der Waals surface area (Å²) < 4.78 is 0. The van der Waals surface area contributed by atoms with E-state index in [9.17, 15) is 0 Å². The van der Waals surface area contributed by atoms with Gasteiger partial charge in [-0.2, -0.15) is 0 Å². The lowest BCUT2D eigenvalue weighted by Gasteiger charge is -2.61. The van der Waals surface area contributed by atoms with Crippen LogP contribution in [0.5, 0.6) is 0 Å². The molecule has 4 fully saturated rings. The van der Waals surface area contributed by atoms with Gasteiger partial charge in [0.15, 0.2) is 17.5 Å². The molecule has 8 aromatic rings. The highest BCUT2D eigenvalue weighted by atomic mass is 15.0. The quantitative estimate of drug-likeness (QED) is 0.184. The molecule has 3 nitrogen and oxygen atoms in total. The summed E-state index contributed by atoms with van der Waals surface area (Å²) in [7, 11) is 0. The predicted molar refractivity (Wildman–Crippen MR) is 220 cm³/mol. The van der Waals surface area contributed by atoms with Crippen LogP contribution in [0.25, 0.3) is 78.0 Å². The van der Waals surface area contributed by atoms with E-state index in [0.29, 0.717) is 23.5 Å². The van der Waals surface area contributed by atoms with Gasteiger partial charge in [-0.15, -0.1) is 0 Å². The Kier molecular flexibility index (Phi) is 6.52. The summed E-state index contributed by atoms with van der Waals surface area (Å²) in [6.07, 6.45) is 6.84. The minimum absolute atomic E-state index is 0.0323. The van der Waals surface area contributed by atoms with Crippen molar-refractivity contribution in [2.75, 3.05) is 0 Å². The Bertz CT molecular complexity index is 2750. The standard InChI is InChI=1S/C51H39N3/c1-2-12-36(13-3-1)48-52-49(37-22-20-35(21-23-37)41-17-8-14-33-10-4-6-15-40(33)41)54-50(53-48)44-18-9-19-45-46(44)43-25-24-34-11-5-7-16-42(34)47(43)51(45)38-27-31-26-32(29-38)30-39(51)28-31/h1-25,31-32,38-39H,26-30H2. The molecule has 0 amide bonds. The van der Waals surface area contributed by atoms with Gasteiger partial charge in [-0.1, -0.05) is 152 Å². The number of rotatable bonds is 4. The summed E-state index contributed by atoms with van der Waals surface area (Å²) in [5.74, 6) is 5.25. The highest BCUT2D eigenvalue weighted by molar-refractivity contribution is 6.02. The first-order valence-electron chi connectivity index (χ1n) is 19.8. The Morgan fingerprint density at radius 2 is 0.944 bits per heavy atom. The number of benzene rings is 7. The van der Waals surface area contributed by atoms with Crippen molar-refractivity contribution in [1.82, 2.24) is 15.0 Å². The van der Waals surface area contributed by atoms with Gasteiger partial charge < -0.3 is 0 Å². The summed E-state index contributed by atoms with van der Waals surface area (Å²) in [6, 6.07) is 55.2. The molecule has 54 heavy (non-hydrogen) atoms. The van der Waals surface area contributed by atoms with Crippen molar-refractivity contribution in [3.63, 3.8) is 0 Å². The van der Waals surface area contributed by atoms with Crippen LogP contribution in [0, 0.1) is 23.7 Å². The van der Waals surface area contributed by atoms with Crippen LogP contribution in [-0.4, -0.2) is 15.0 Å². The maximum atomic E-state index is 5.37. The van der Waals surface area contributed by atoms with Crippen LogP contribution in [0.2, 0.25) is 0 Å². The molecule has 1 aromatic heterocycles. The molecule has 0 saturated heterocycles. The van der Waals surface area contributed by atoms with Gasteiger partial charge in [0.1, 0.15) is 0 Å². The Morgan fingerprint density at radius 3 is 1.69 bits per heavy atom. The maximum Gasteiger partial charge on any atom is 0.164 e. The first-order valence-corrected chi connectivity index (χ1v) is 19.8. The van der Waals surface area contributed by atoms with E-state index in [-0.39, 0.29) is 5.41 Å². The van der Waals surface area contributed by atoms with Gasteiger partial charge in [0, 0.05) is 22.1 Å². The lowest BCUT2D eigenvalue weighted by molar-refractivity contribution is -0.0393. The van der Waals surface area contributed by atoms with E-state index in [1.165, 1.54) is 81.5 Å². The molecule has 0 N–H and O–H groups in total. The largest absolute Gasteiger partial charge is 0.208 e. The van der Waals surface area contributed by atoms with Crippen LogP contribution in [0.1, 0.15) is 43.2 Å². The molecule has 1 spiro atoms. The average molecular weight is 694 g/mol. The SMILES string of the molecule is c1ccc(-c2nc(-c3ccc(-c4cccc5ccccc45)cc3)nc(-c3cccc4c3-c3ccc5ccccc5c3C43C4CC5CC(C4)CC3C5)n2)cc1. The second-order valence-electron chi connectivity index (χ2n) is 16.4. The van der Waals surface area contributed by atoms with Crippen molar-refractivity contribution in [2.45, 2.75) is 37.5 Å². The van der Waals surface area contributed by atoms with Crippen molar-refractivity contribution >= 4 is 21.5 Å². The topological polar surface area (TPSA) is 38.7 Å². The molecule has 0 atom stereocenters. The fourth-order valence-electron chi connectivity index (χ4n) is 11.8. The van der Waals surface area contributed by atoms with Crippen LogP contribution in [-0.2, 0) is 5.41 Å². The van der Waals surface area contributed by atoms with Crippen molar-refractivity contribution in [2.24, 2.45) is 23.7 Å². The second kappa shape index (κ2) is 11.5. The summed E-state index contributed by atoms with van der Waals surface area (Å²) >= 11 is 0. The number of hydrogen-bond donors (Lipinski definition) is 0. The molecule has 7 aromatic carbocycles. The fraction of sp³-hybridized carbons (Fsp3) is 0.196. The van der Waals surface area contributed by atoms with Gasteiger partial charge >= 0.3 is 0 Å². The predicted octanol–water partition coefficient (Wildman–Crippen LogP) is 12.6. The molecule has 1 heterocycles. The minimum Gasteiger partial charge on any atom is -0.208 e. The van der Waals surface area contributed by atoms with E-state index < -0.39 is 0 Å². The van der Waals surface area contributed by atoms with Crippen molar-refractivity contribution in [3.05, 3.63) is 163 Å². The number of hydrogen-bond acceptors (Lipinski definition) is 3. The molecule has 5 aliphatic carbocycles. The minimum atomic E-state index is 0.0323. The Hall–Kier alpha value is -5.93. The van der Waals surface area contributed by atoms with E-state index in [0.717, 1.165) is 34.4 Å². The first kappa shape index (κ1) is 30.5. The molecular formula is C51H39N3. The second-order valence-corrected chi connectivity index (χ2v) is 16.4. The van der Waals surface area contributed by atoms with Crippen molar-refractivity contribution in [1.29, 1.82) is 0 Å². The number of nitrogens with zero attached hydrogens (tertiary/aromatic N) is 3. The zero-order valence-corrected chi connectivity index (χ0v) is 30.1. The third-order valence-corrected chi connectivity index (χ3v) is 13.7. The number of aromatic nitrogens is 3. The first-order chi connectivity index (χ1) is 26.7. The highest BCUT2D eigenvalue weighted by Crippen LogP contribution is 2.70. The molecule has 4 saturated carbocycles. The third-order valence-electron chi connectivity index (χ3n) is 13.7. The van der Waals surface area contributed by atoms with Gasteiger partial charge in [-0.25, -0.2) is 15.0 Å². The molecule has 258 valence electrons. The summed E-state index contributed by atoms with van der Waals surface area (Å²) in [5, 5.41) is 5.27. The molecule has 4 bridgehead atoms. The smallest absolute Gasteiger partial charge is 0.164 e. The molecule has 3 heteroatoms. The zero-order valence-electron chi connectivity index (χ0n) is 30.1. The van der Waals surface area contributed by atoms with Crippen molar-refractivity contribution < 1.29 is 0 Å². The normalized spacial score (nSPS) is 23.3. The lowest BCUT2D eigenvalue weighted by Crippen LogP contribution is -2.55. The monoisotopic (exact) mass is 693 g/mol. The molecule has 0 radical (unpaired) electrons. The summed E-state index contributed by atoms with van der Waals surface area (Å²) in [6.45, 7) is 0. The summed E-state index contributed by atoms with van der Waals surface area (Å²) in [4.78, 5) is 15.8. The van der Waals surface area contributed by atoms with Crippen LogP contribution in [0.15, 0.2) is 152 Å². The maximum absolute atomic E-state index is 5.37. The van der Waals surface area contributed by atoms with E-state index in [1.54, 1.807) is 5.56 Å². The van der Waals surface area contributed by atoms with Crippen LogP contribution in [0.3, 0.4) is 0 Å².